The van der Waals surface area contributed by atoms with Crippen molar-refractivity contribution in [2.45, 2.75) is 50.9 Å². The van der Waals surface area contributed by atoms with Gasteiger partial charge < -0.3 is 26.0 Å². The normalized spacial score (nSPS) is 16.8. The maximum atomic E-state index is 13.3. The molecule has 0 radical (unpaired) electrons. The van der Waals surface area contributed by atoms with E-state index in [0.29, 0.717) is 87.8 Å². The van der Waals surface area contributed by atoms with Crippen molar-refractivity contribution in [3.8, 4) is 39.3 Å². The monoisotopic (exact) mass is 809 g/mol. The molecule has 2 aliphatic rings. The minimum Gasteiger partial charge on any atom is -0.496 e. The van der Waals surface area contributed by atoms with Crippen LogP contribution in [-0.2, 0) is 22.7 Å². The maximum absolute atomic E-state index is 13.3. The molecule has 286 valence electrons. The summed E-state index contributed by atoms with van der Waals surface area (Å²) >= 11 is 21.2. The number of aromatic nitrogens is 3. The van der Waals surface area contributed by atoms with Gasteiger partial charge in [-0.2, -0.15) is 0 Å². The van der Waals surface area contributed by atoms with E-state index in [-0.39, 0.29) is 29.5 Å². The molecular formula is C42H38Cl3N7O4. The molecule has 0 bridgehead atoms. The van der Waals surface area contributed by atoms with Crippen molar-refractivity contribution in [3.63, 3.8) is 0 Å². The number of ether oxygens (including phenoxy) is 1. The van der Waals surface area contributed by atoms with Crippen LogP contribution in [0, 0.1) is 0 Å². The maximum Gasteiger partial charge on any atom is 0.262 e. The van der Waals surface area contributed by atoms with E-state index < -0.39 is 0 Å². The first-order valence-corrected chi connectivity index (χ1v) is 19.6. The van der Waals surface area contributed by atoms with E-state index in [1.54, 1.807) is 19.5 Å². The van der Waals surface area contributed by atoms with Gasteiger partial charge in [0.15, 0.2) is 0 Å². The Hall–Kier alpha value is -5.04. The summed E-state index contributed by atoms with van der Waals surface area (Å²) < 4.78 is 7.36. The number of hydrogen-bond acceptors (Lipinski definition) is 8. The number of carbonyl (C=O) groups is 2. The fourth-order valence-corrected chi connectivity index (χ4v) is 8.47. The Morgan fingerprint density at radius 2 is 1.41 bits per heavy atom. The first kappa shape index (κ1) is 37.9. The molecule has 5 heterocycles. The Morgan fingerprint density at radius 3 is 2.05 bits per heavy atom. The van der Waals surface area contributed by atoms with Crippen molar-refractivity contribution in [1.82, 2.24) is 35.6 Å². The second-order valence-corrected chi connectivity index (χ2v) is 15.2. The average molecular weight is 811 g/mol. The summed E-state index contributed by atoms with van der Waals surface area (Å²) in [6.07, 6.45) is 5.97. The number of halogens is 3. The van der Waals surface area contributed by atoms with Crippen molar-refractivity contribution in [1.29, 1.82) is 0 Å². The van der Waals surface area contributed by atoms with Crippen LogP contribution >= 0.6 is 34.8 Å². The largest absolute Gasteiger partial charge is 0.496 e. The third-order valence-electron chi connectivity index (χ3n) is 10.4. The van der Waals surface area contributed by atoms with Crippen molar-refractivity contribution in [3.05, 3.63) is 116 Å². The molecule has 0 spiro atoms. The molecule has 2 atom stereocenters. The topological polar surface area (TPSA) is 139 Å². The van der Waals surface area contributed by atoms with Gasteiger partial charge in [-0.3, -0.25) is 18.8 Å². The summed E-state index contributed by atoms with van der Waals surface area (Å²) in [5.74, 6) is 0.814. The molecule has 3 aromatic carbocycles. The van der Waals surface area contributed by atoms with E-state index in [9.17, 15) is 14.4 Å². The molecule has 14 heteroatoms. The predicted molar refractivity (Wildman–Crippen MR) is 220 cm³/mol. The molecule has 2 aliphatic heterocycles. The zero-order valence-electron chi connectivity index (χ0n) is 30.4. The van der Waals surface area contributed by atoms with Crippen molar-refractivity contribution < 1.29 is 14.3 Å². The zero-order valence-corrected chi connectivity index (χ0v) is 32.7. The zero-order chi connectivity index (χ0) is 38.9. The number of hydrogen-bond donors (Lipinski definition) is 4. The van der Waals surface area contributed by atoms with Crippen molar-refractivity contribution in [2.24, 2.45) is 0 Å². The third-order valence-corrected chi connectivity index (χ3v) is 11.5. The molecule has 3 aromatic heterocycles. The Morgan fingerprint density at radius 1 is 0.786 bits per heavy atom. The van der Waals surface area contributed by atoms with Crippen LogP contribution in [-0.4, -0.2) is 58.5 Å². The van der Waals surface area contributed by atoms with Crippen LogP contribution in [0.1, 0.15) is 36.8 Å². The summed E-state index contributed by atoms with van der Waals surface area (Å²) in [6.45, 7) is 2.09. The van der Waals surface area contributed by atoms with Gasteiger partial charge in [0.2, 0.25) is 11.8 Å². The lowest BCUT2D eigenvalue weighted by Gasteiger charge is -2.17. The summed E-state index contributed by atoms with van der Waals surface area (Å²) in [5.41, 5.74) is 6.67. The molecule has 11 nitrogen and oxygen atoms in total. The lowest BCUT2D eigenvalue weighted by atomic mass is 9.97. The second kappa shape index (κ2) is 16.2. The quantitative estimate of drug-likeness (QED) is 0.104. The fourth-order valence-electron chi connectivity index (χ4n) is 7.53. The predicted octanol–water partition coefficient (Wildman–Crippen LogP) is 6.95. The highest BCUT2D eigenvalue weighted by atomic mass is 35.5. The molecule has 4 N–H and O–H groups in total. The van der Waals surface area contributed by atoms with E-state index in [0.717, 1.165) is 46.0 Å². The van der Waals surface area contributed by atoms with Gasteiger partial charge >= 0.3 is 0 Å². The van der Waals surface area contributed by atoms with Crippen molar-refractivity contribution in [2.75, 3.05) is 20.2 Å². The first-order chi connectivity index (χ1) is 27.2. The number of methoxy groups -OCH3 is 1. The SMILES string of the molecule is COc1c(CNC[C@H]2CCC(=O)N2)cc(Cl)c2nc(-c3cccc(-c4cccc(-c5ccn6c(=O)c(CNC[C@H]7CCC(=O)N7)cnc6c5)c4Cl)c3Cl)ccc12. The van der Waals surface area contributed by atoms with E-state index >= 15 is 0 Å². The van der Waals surface area contributed by atoms with E-state index in [1.807, 2.05) is 66.7 Å². The van der Waals surface area contributed by atoms with Crippen LogP contribution in [0.25, 0.3) is 50.1 Å². The molecular weight excluding hydrogens is 773 g/mol. The lowest BCUT2D eigenvalue weighted by molar-refractivity contribution is -0.120. The second-order valence-electron chi connectivity index (χ2n) is 14.1. The molecule has 0 aliphatic carbocycles. The number of rotatable bonds is 12. The van der Waals surface area contributed by atoms with Crippen LogP contribution in [0.3, 0.4) is 0 Å². The number of pyridine rings is 2. The van der Waals surface area contributed by atoms with Crippen LogP contribution < -0.4 is 31.6 Å². The van der Waals surface area contributed by atoms with Crippen LogP contribution in [0.5, 0.6) is 5.75 Å². The molecule has 56 heavy (non-hydrogen) atoms. The molecule has 2 fully saturated rings. The summed E-state index contributed by atoms with van der Waals surface area (Å²) in [4.78, 5) is 45.9. The molecule has 2 amide bonds. The van der Waals surface area contributed by atoms with E-state index in [2.05, 4.69) is 26.3 Å². The van der Waals surface area contributed by atoms with Crippen LogP contribution in [0.15, 0.2) is 83.9 Å². The highest BCUT2D eigenvalue weighted by Crippen LogP contribution is 2.43. The number of carbonyl (C=O) groups excluding carboxylic acids is 2. The van der Waals surface area contributed by atoms with Gasteiger partial charge in [0, 0.05) is 102 Å². The lowest BCUT2D eigenvalue weighted by Crippen LogP contribution is -2.36. The summed E-state index contributed by atoms with van der Waals surface area (Å²) in [5, 5.41) is 14.8. The Bertz CT molecular complexity index is 2580. The van der Waals surface area contributed by atoms with Gasteiger partial charge in [0.05, 0.1) is 33.4 Å². The Labute approximate surface area is 337 Å². The number of nitrogens with one attached hydrogen (secondary N) is 4. The smallest absolute Gasteiger partial charge is 0.262 e. The highest BCUT2D eigenvalue weighted by molar-refractivity contribution is 6.39. The standard InChI is InChI=1S/C42H38Cl3N7O4/c1-56-41-24(18-46-21-26-8-12-36(53)49-26)16-33(43)40-32(41)10-11-34(51-40)31-7-3-6-30(39(31)45)29-5-2-4-28(38(29)44)23-14-15-52-35(17-23)48-20-25(42(52)55)19-47-22-27-9-13-37(54)50-27/h2-7,10-11,14-17,20,26-27,46-47H,8-9,12-13,18-19,21-22H2,1H3,(H,49,53)(H,50,54)/t26-,27-/m1/s1. The fraction of sp³-hybridized carbons (Fsp3) is 0.262. The van der Waals surface area contributed by atoms with Crippen LogP contribution in [0.2, 0.25) is 15.1 Å². The number of amides is 2. The Balaban J connectivity index is 1.04. The molecule has 2 saturated heterocycles. The Kier molecular flexibility index (Phi) is 11.0. The minimum absolute atomic E-state index is 0.0571. The van der Waals surface area contributed by atoms with Gasteiger partial charge in [-0.25, -0.2) is 9.97 Å². The van der Waals surface area contributed by atoms with Crippen LogP contribution in [0.4, 0.5) is 0 Å². The number of nitrogens with zero attached hydrogens (tertiary/aromatic N) is 3. The van der Waals surface area contributed by atoms with Gasteiger partial charge in [0.25, 0.3) is 5.56 Å². The van der Waals surface area contributed by atoms with Gasteiger partial charge in [-0.15, -0.1) is 0 Å². The molecule has 8 rings (SSSR count). The summed E-state index contributed by atoms with van der Waals surface area (Å²) in [7, 11) is 1.63. The van der Waals surface area contributed by atoms with Gasteiger partial charge in [-0.05, 0) is 48.7 Å². The minimum atomic E-state index is -0.167. The van der Waals surface area contributed by atoms with E-state index in [1.165, 1.54) is 4.40 Å². The molecule has 6 aromatic rings. The molecule has 0 unspecified atom stereocenters. The number of fused-ring (bicyclic) bond motifs is 2. The average Bonchev–Trinajstić information content (AvgIpc) is 3.82. The third kappa shape index (κ3) is 7.57. The highest BCUT2D eigenvalue weighted by Gasteiger charge is 2.23. The van der Waals surface area contributed by atoms with Gasteiger partial charge in [0.1, 0.15) is 11.4 Å². The number of benzene rings is 3. The van der Waals surface area contributed by atoms with E-state index in [4.69, 9.17) is 44.5 Å². The first-order valence-electron chi connectivity index (χ1n) is 18.4. The van der Waals surface area contributed by atoms with Crippen molar-refractivity contribution >= 4 is 63.2 Å². The summed E-state index contributed by atoms with van der Waals surface area (Å²) in [6, 6.07) is 21.1. The van der Waals surface area contributed by atoms with Gasteiger partial charge in [-0.1, -0.05) is 71.2 Å². The molecule has 0 saturated carbocycles.